The first kappa shape index (κ1) is 5.40. The molecule has 0 N–H and O–H groups in total. The molecule has 0 aromatic heterocycles. The van der Waals surface area contributed by atoms with Crippen molar-refractivity contribution in [3.05, 3.63) is 0 Å². The summed E-state index contributed by atoms with van der Waals surface area (Å²) in [5.41, 5.74) is 0. The van der Waals surface area contributed by atoms with Crippen molar-refractivity contribution in [2.24, 2.45) is 0 Å². The Morgan fingerprint density at radius 2 is 1.00 bits per heavy atom. The Labute approximate surface area is 41.7 Å². The Hall–Kier alpha value is 1.40. The van der Waals surface area contributed by atoms with Gasteiger partial charge in [-0.2, -0.15) is 0 Å². The molecular formula is Cl3Cr+. The third-order valence-corrected chi connectivity index (χ3v) is 0. The van der Waals surface area contributed by atoms with Gasteiger partial charge in [0.2, 0.25) is 0 Å². The molecule has 0 amide bonds. The van der Waals surface area contributed by atoms with E-state index in [0.29, 0.717) is 0 Å². The summed E-state index contributed by atoms with van der Waals surface area (Å²) < 4.78 is 0. The molecule has 0 aromatic carbocycles. The summed E-state index contributed by atoms with van der Waals surface area (Å²) in [5.74, 6) is 0. The summed E-state index contributed by atoms with van der Waals surface area (Å²) in [4.78, 5) is 0. The van der Waals surface area contributed by atoms with Crippen LogP contribution in [0.1, 0.15) is 0 Å². The van der Waals surface area contributed by atoms with Crippen LogP contribution in [0.15, 0.2) is 0 Å². The normalized spacial score (nSPS) is 9.00. The van der Waals surface area contributed by atoms with Crippen LogP contribution in [0.5, 0.6) is 0 Å². The molecule has 0 spiro atoms. The second-order valence-corrected chi connectivity index (χ2v) is 6.49. The average molecular weight is 158 g/mol. The van der Waals surface area contributed by atoms with Gasteiger partial charge < -0.3 is 0 Å². The van der Waals surface area contributed by atoms with Crippen LogP contribution < -0.4 is 0 Å². The third-order valence-electron chi connectivity index (χ3n) is 0. The molecule has 0 aliphatic carbocycles. The van der Waals surface area contributed by atoms with E-state index in [-0.39, 0.29) is 0 Å². The Morgan fingerprint density at radius 3 is 1.00 bits per heavy atom. The standard InChI is InChI=1S/3ClH.Cr/h3*1H;/q;;;+4/p-3. The zero-order chi connectivity index (χ0) is 3.58. The summed E-state index contributed by atoms with van der Waals surface area (Å²) >= 11 is -1.62. The Kier molecular flexibility index (Phi) is 3.55. The van der Waals surface area contributed by atoms with E-state index in [4.69, 9.17) is 30.1 Å². The fraction of sp³-hybridized carbons (Fsp3) is 0. The molecule has 26 valence electrons. The summed E-state index contributed by atoms with van der Waals surface area (Å²) in [6, 6.07) is 0. The minimum atomic E-state index is -1.62. The van der Waals surface area contributed by atoms with Gasteiger partial charge in [0.15, 0.2) is 0 Å². The fourth-order valence-corrected chi connectivity index (χ4v) is 0. The second-order valence-electron chi connectivity index (χ2n) is 0.175. The van der Waals surface area contributed by atoms with Gasteiger partial charge in [0, 0.05) is 0 Å². The van der Waals surface area contributed by atoms with Gasteiger partial charge in [-0.15, -0.1) is 0 Å². The number of hydrogen-bond donors (Lipinski definition) is 0. The van der Waals surface area contributed by atoms with E-state index in [1.165, 1.54) is 0 Å². The van der Waals surface area contributed by atoms with Crippen LogP contribution in [-0.2, 0) is 11.4 Å². The summed E-state index contributed by atoms with van der Waals surface area (Å²) in [6.45, 7) is 0. The van der Waals surface area contributed by atoms with Crippen LogP contribution in [0.4, 0.5) is 0 Å². The molecular weight excluding hydrogens is 158 g/mol. The molecule has 4 heavy (non-hydrogen) atoms. The summed E-state index contributed by atoms with van der Waals surface area (Å²) in [6.07, 6.45) is 0. The predicted octanol–water partition coefficient (Wildman–Crippen LogP) is 2.07. The molecule has 4 heteroatoms. The summed E-state index contributed by atoms with van der Waals surface area (Å²) in [5, 5.41) is 0. The molecule has 0 saturated carbocycles. The molecule has 0 heterocycles. The van der Waals surface area contributed by atoms with Crippen LogP contribution in [0.25, 0.3) is 0 Å². The first-order valence-electron chi connectivity index (χ1n) is 0.463. The molecule has 0 aromatic rings. The molecule has 0 bridgehead atoms. The Balaban J connectivity index is 2.32. The topological polar surface area (TPSA) is 0 Å². The second kappa shape index (κ2) is 2.63. The zero-order valence-electron chi connectivity index (χ0n) is 1.54. The monoisotopic (exact) mass is 157 g/mol. The Morgan fingerprint density at radius 1 is 1.00 bits per heavy atom. The number of halogens is 3. The van der Waals surface area contributed by atoms with Crippen molar-refractivity contribution >= 4 is 30.1 Å². The molecule has 0 unspecified atom stereocenters. The van der Waals surface area contributed by atoms with Crippen molar-refractivity contribution in [2.75, 3.05) is 0 Å². The first-order valence-corrected chi connectivity index (χ1v) is 5.73. The predicted molar refractivity (Wildman–Crippen MR) is 17.6 cm³/mol. The Bertz CT molecular complexity index is 8.00. The molecule has 0 atom stereocenters. The van der Waals surface area contributed by atoms with Crippen molar-refractivity contribution in [2.45, 2.75) is 0 Å². The van der Waals surface area contributed by atoms with E-state index < -0.39 is 11.4 Å². The van der Waals surface area contributed by atoms with Gasteiger partial charge in [-0.1, -0.05) is 0 Å². The van der Waals surface area contributed by atoms with E-state index in [1.54, 1.807) is 0 Å². The van der Waals surface area contributed by atoms with Crippen LogP contribution in [0.2, 0.25) is 0 Å². The van der Waals surface area contributed by atoms with E-state index in [9.17, 15) is 0 Å². The van der Waals surface area contributed by atoms with Crippen molar-refractivity contribution < 1.29 is 11.4 Å². The van der Waals surface area contributed by atoms with Crippen LogP contribution in [-0.4, -0.2) is 0 Å². The van der Waals surface area contributed by atoms with Crippen molar-refractivity contribution in [1.29, 1.82) is 0 Å². The molecule has 0 saturated heterocycles. The number of hydrogen-bond acceptors (Lipinski definition) is 0. The van der Waals surface area contributed by atoms with E-state index in [1.807, 2.05) is 0 Å². The first-order chi connectivity index (χ1) is 1.73. The molecule has 0 fully saturated rings. The maximum absolute atomic E-state index is 4.93. The van der Waals surface area contributed by atoms with Gasteiger partial charge in [-0.25, -0.2) is 0 Å². The maximum atomic E-state index is 4.93. The van der Waals surface area contributed by atoms with E-state index in [0.717, 1.165) is 0 Å². The average Bonchev–Trinajstić information content (AvgIpc) is 0.811. The van der Waals surface area contributed by atoms with Gasteiger partial charge in [0.1, 0.15) is 0 Å². The van der Waals surface area contributed by atoms with E-state index >= 15 is 0 Å². The molecule has 0 aliphatic rings. The molecule has 0 aliphatic heterocycles. The quantitative estimate of drug-likeness (QED) is 0.506. The van der Waals surface area contributed by atoms with Crippen LogP contribution in [0, 0.1) is 0 Å². The van der Waals surface area contributed by atoms with Crippen LogP contribution >= 0.6 is 30.1 Å². The van der Waals surface area contributed by atoms with Crippen molar-refractivity contribution in [1.82, 2.24) is 0 Å². The molecule has 0 nitrogen and oxygen atoms in total. The zero-order valence-corrected chi connectivity index (χ0v) is 5.08. The van der Waals surface area contributed by atoms with Crippen molar-refractivity contribution in [3.63, 3.8) is 0 Å². The van der Waals surface area contributed by atoms with E-state index in [2.05, 4.69) is 0 Å². The van der Waals surface area contributed by atoms with Crippen molar-refractivity contribution in [3.8, 4) is 0 Å². The summed E-state index contributed by atoms with van der Waals surface area (Å²) in [7, 11) is 14.8. The molecule has 0 rings (SSSR count). The van der Waals surface area contributed by atoms with Gasteiger partial charge in [0.05, 0.1) is 0 Å². The third kappa shape index (κ3) is 9.98. The fourth-order valence-electron chi connectivity index (χ4n) is 0. The van der Waals surface area contributed by atoms with Gasteiger partial charge >= 0.3 is 41.5 Å². The molecule has 0 radical (unpaired) electrons. The van der Waals surface area contributed by atoms with Gasteiger partial charge in [-0.3, -0.25) is 0 Å². The number of rotatable bonds is 0. The van der Waals surface area contributed by atoms with Gasteiger partial charge in [-0.05, 0) is 0 Å². The van der Waals surface area contributed by atoms with Crippen LogP contribution in [0.3, 0.4) is 0 Å². The minimum absolute atomic E-state index is 1.62. The van der Waals surface area contributed by atoms with Gasteiger partial charge in [0.25, 0.3) is 0 Å². The SMILES string of the molecule is [Cl][Cr+]([Cl])[Cl].